The number of ether oxygens (including phenoxy) is 2. The van der Waals surface area contributed by atoms with Crippen molar-refractivity contribution in [1.82, 2.24) is 15.1 Å². The van der Waals surface area contributed by atoms with Crippen molar-refractivity contribution in [2.24, 2.45) is 0 Å². The van der Waals surface area contributed by atoms with E-state index in [9.17, 15) is 14.4 Å². The van der Waals surface area contributed by atoms with Crippen LogP contribution in [0.4, 0.5) is 4.79 Å². The molecule has 1 fully saturated rings. The Kier molecular flexibility index (Phi) is 4.91. The molecule has 152 valence electrons. The summed E-state index contributed by atoms with van der Waals surface area (Å²) in [6.07, 6.45) is 0. The monoisotopic (exact) mass is 415 g/mol. The van der Waals surface area contributed by atoms with E-state index >= 15 is 0 Å². The number of amides is 4. The van der Waals surface area contributed by atoms with Gasteiger partial charge in [0.2, 0.25) is 5.91 Å². The molecule has 9 heteroatoms. The van der Waals surface area contributed by atoms with Crippen molar-refractivity contribution in [3.05, 3.63) is 46.2 Å². The fourth-order valence-corrected chi connectivity index (χ4v) is 4.13. The van der Waals surface area contributed by atoms with E-state index in [1.54, 1.807) is 43.5 Å². The van der Waals surface area contributed by atoms with Crippen LogP contribution in [0.2, 0.25) is 0 Å². The molecule has 4 rings (SSSR count). The second kappa shape index (κ2) is 7.40. The molecule has 1 aromatic heterocycles. The minimum absolute atomic E-state index is 0.312. The highest BCUT2D eigenvalue weighted by atomic mass is 32.1. The second-order valence-corrected chi connectivity index (χ2v) is 8.17. The lowest BCUT2D eigenvalue weighted by atomic mass is 9.91. The van der Waals surface area contributed by atoms with Gasteiger partial charge in [-0.05, 0) is 36.1 Å². The standard InChI is InChI=1S/C20H21N3O5S/c1-20(13-5-6-15-16(10-13)28-8-7-27-15)18(25)23(19(26)21-20)12-17(24)22(2)11-14-4-3-9-29-14/h3-6,9-10H,7-8,11-12H2,1-2H3,(H,21,26)/t20-/m0/s1. The third-order valence-corrected chi connectivity index (χ3v) is 5.95. The van der Waals surface area contributed by atoms with Gasteiger partial charge in [-0.25, -0.2) is 4.79 Å². The van der Waals surface area contributed by atoms with Gasteiger partial charge in [0.05, 0.1) is 6.54 Å². The van der Waals surface area contributed by atoms with Crippen LogP contribution in [-0.2, 0) is 21.7 Å². The summed E-state index contributed by atoms with van der Waals surface area (Å²) in [6.45, 7) is 2.63. The Bertz CT molecular complexity index is 961. The number of urea groups is 1. The van der Waals surface area contributed by atoms with E-state index in [4.69, 9.17) is 9.47 Å². The van der Waals surface area contributed by atoms with Gasteiger partial charge in [0.1, 0.15) is 25.3 Å². The molecule has 1 aromatic carbocycles. The Hall–Kier alpha value is -3.07. The normalized spacial score (nSPS) is 20.6. The fourth-order valence-electron chi connectivity index (χ4n) is 3.37. The molecule has 0 aliphatic carbocycles. The number of rotatable bonds is 5. The summed E-state index contributed by atoms with van der Waals surface area (Å²) in [4.78, 5) is 41.7. The highest BCUT2D eigenvalue weighted by Crippen LogP contribution is 2.36. The number of likely N-dealkylation sites (N-methyl/N-ethyl adjacent to an activating group) is 1. The van der Waals surface area contributed by atoms with Crippen molar-refractivity contribution in [3.63, 3.8) is 0 Å². The number of carbonyl (C=O) groups is 3. The van der Waals surface area contributed by atoms with Gasteiger partial charge in [-0.1, -0.05) is 12.1 Å². The van der Waals surface area contributed by atoms with Crippen LogP contribution in [0.5, 0.6) is 11.5 Å². The van der Waals surface area contributed by atoms with Crippen molar-refractivity contribution in [2.75, 3.05) is 26.8 Å². The minimum Gasteiger partial charge on any atom is -0.486 e. The molecular formula is C20H21N3O5S. The van der Waals surface area contributed by atoms with E-state index in [0.717, 1.165) is 9.78 Å². The summed E-state index contributed by atoms with van der Waals surface area (Å²) in [6, 6.07) is 8.39. The lowest BCUT2D eigenvalue weighted by Gasteiger charge is -2.25. The van der Waals surface area contributed by atoms with Gasteiger partial charge in [-0.15, -0.1) is 11.3 Å². The highest BCUT2D eigenvalue weighted by Gasteiger charge is 2.50. The predicted octanol–water partition coefficient (Wildman–Crippen LogP) is 1.94. The number of fused-ring (bicyclic) bond motifs is 1. The third kappa shape index (κ3) is 3.53. The minimum atomic E-state index is -1.28. The summed E-state index contributed by atoms with van der Waals surface area (Å²) in [5.74, 6) is 0.343. The Labute approximate surface area is 172 Å². The Morgan fingerprint density at radius 2 is 2.00 bits per heavy atom. The smallest absolute Gasteiger partial charge is 0.325 e. The van der Waals surface area contributed by atoms with Gasteiger partial charge in [0.15, 0.2) is 11.5 Å². The first-order valence-corrected chi connectivity index (χ1v) is 10.1. The van der Waals surface area contributed by atoms with Crippen LogP contribution in [-0.4, -0.2) is 54.5 Å². The molecule has 0 unspecified atom stereocenters. The van der Waals surface area contributed by atoms with Crippen molar-refractivity contribution in [3.8, 4) is 11.5 Å². The average Bonchev–Trinajstić information content (AvgIpc) is 3.30. The number of thiophene rings is 1. The molecule has 3 heterocycles. The van der Waals surface area contributed by atoms with Gasteiger partial charge < -0.3 is 19.7 Å². The van der Waals surface area contributed by atoms with Gasteiger partial charge in [-0.3, -0.25) is 14.5 Å². The van der Waals surface area contributed by atoms with Crippen molar-refractivity contribution < 1.29 is 23.9 Å². The molecule has 1 saturated heterocycles. The number of hydrogen-bond donors (Lipinski definition) is 1. The first-order valence-electron chi connectivity index (χ1n) is 9.19. The molecule has 8 nitrogen and oxygen atoms in total. The zero-order valence-electron chi connectivity index (χ0n) is 16.1. The number of carbonyl (C=O) groups excluding carboxylic acids is 3. The molecule has 4 amide bonds. The maximum Gasteiger partial charge on any atom is 0.325 e. The van der Waals surface area contributed by atoms with Gasteiger partial charge >= 0.3 is 6.03 Å². The molecular weight excluding hydrogens is 394 g/mol. The van der Waals surface area contributed by atoms with E-state index < -0.39 is 17.5 Å². The number of benzene rings is 1. The van der Waals surface area contributed by atoms with Crippen LogP contribution in [0.3, 0.4) is 0 Å². The van der Waals surface area contributed by atoms with Crippen LogP contribution >= 0.6 is 11.3 Å². The molecule has 0 spiro atoms. The quantitative estimate of drug-likeness (QED) is 0.754. The largest absolute Gasteiger partial charge is 0.486 e. The van der Waals surface area contributed by atoms with Crippen LogP contribution in [0.15, 0.2) is 35.7 Å². The van der Waals surface area contributed by atoms with Crippen LogP contribution in [0.25, 0.3) is 0 Å². The van der Waals surface area contributed by atoms with Gasteiger partial charge in [0.25, 0.3) is 5.91 Å². The maximum absolute atomic E-state index is 13.1. The molecule has 2 aliphatic heterocycles. The summed E-state index contributed by atoms with van der Waals surface area (Å²) < 4.78 is 11.1. The average molecular weight is 415 g/mol. The van der Waals surface area contributed by atoms with E-state index in [2.05, 4.69) is 5.32 Å². The Morgan fingerprint density at radius 3 is 2.72 bits per heavy atom. The Balaban J connectivity index is 1.50. The lowest BCUT2D eigenvalue weighted by molar-refractivity contribution is -0.138. The zero-order chi connectivity index (χ0) is 20.6. The molecule has 1 atom stereocenters. The number of nitrogens with zero attached hydrogens (tertiary/aromatic N) is 2. The molecule has 2 aromatic rings. The molecule has 0 saturated carbocycles. The second-order valence-electron chi connectivity index (χ2n) is 7.13. The van der Waals surface area contributed by atoms with E-state index in [-0.39, 0.29) is 12.5 Å². The van der Waals surface area contributed by atoms with E-state index in [1.807, 2.05) is 17.5 Å². The predicted molar refractivity (Wildman–Crippen MR) is 106 cm³/mol. The first-order chi connectivity index (χ1) is 13.9. The molecule has 2 aliphatic rings. The molecule has 29 heavy (non-hydrogen) atoms. The molecule has 0 bridgehead atoms. The SMILES string of the molecule is CN(Cc1cccs1)C(=O)CN1C(=O)N[C@@](C)(c2ccc3c(c2)OCCO3)C1=O. The van der Waals surface area contributed by atoms with E-state index in [0.29, 0.717) is 36.8 Å². The van der Waals surface area contributed by atoms with Gasteiger partial charge in [-0.2, -0.15) is 0 Å². The van der Waals surface area contributed by atoms with Crippen LogP contribution in [0, 0.1) is 0 Å². The number of nitrogens with one attached hydrogen (secondary N) is 1. The lowest BCUT2D eigenvalue weighted by Crippen LogP contribution is -2.43. The summed E-state index contributed by atoms with van der Waals surface area (Å²) >= 11 is 1.54. The van der Waals surface area contributed by atoms with Crippen LogP contribution < -0.4 is 14.8 Å². The summed E-state index contributed by atoms with van der Waals surface area (Å²) in [5.41, 5.74) is -0.707. The topological polar surface area (TPSA) is 88.2 Å². The Morgan fingerprint density at radius 1 is 1.24 bits per heavy atom. The maximum atomic E-state index is 13.1. The zero-order valence-corrected chi connectivity index (χ0v) is 17.0. The molecule has 1 N–H and O–H groups in total. The van der Waals surface area contributed by atoms with Crippen molar-refractivity contribution in [1.29, 1.82) is 0 Å². The summed E-state index contributed by atoms with van der Waals surface area (Å²) in [5, 5.41) is 4.65. The molecule has 0 radical (unpaired) electrons. The number of hydrogen-bond acceptors (Lipinski definition) is 6. The van der Waals surface area contributed by atoms with Gasteiger partial charge in [0, 0.05) is 11.9 Å². The number of imide groups is 1. The third-order valence-electron chi connectivity index (χ3n) is 5.09. The van der Waals surface area contributed by atoms with E-state index in [1.165, 1.54) is 4.90 Å². The fraction of sp³-hybridized carbons (Fsp3) is 0.350. The first kappa shape index (κ1) is 19.3. The van der Waals surface area contributed by atoms with Crippen LogP contribution in [0.1, 0.15) is 17.4 Å². The van der Waals surface area contributed by atoms with Crippen molar-refractivity contribution in [2.45, 2.75) is 19.0 Å². The highest BCUT2D eigenvalue weighted by molar-refractivity contribution is 7.09. The van der Waals surface area contributed by atoms with Crippen molar-refractivity contribution >= 4 is 29.2 Å². The summed E-state index contributed by atoms with van der Waals surface area (Å²) in [7, 11) is 1.65.